The number of benzene rings is 1. The van der Waals surface area contributed by atoms with Crippen LogP contribution in [0.5, 0.6) is 11.5 Å². The van der Waals surface area contributed by atoms with Gasteiger partial charge >= 0.3 is 0 Å². The highest BCUT2D eigenvalue weighted by atomic mass is 16.5. The highest BCUT2D eigenvalue weighted by Crippen LogP contribution is 2.28. The molecule has 1 aliphatic carbocycles. The molecular formula is C17H21N3O3. The number of ether oxygens (including phenoxy) is 2. The van der Waals surface area contributed by atoms with Crippen molar-refractivity contribution in [3.05, 3.63) is 41.0 Å². The number of methoxy groups -OCH3 is 2. The Hall–Kier alpha value is -2.50. The molecule has 1 aromatic carbocycles. The van der Waals surface area contributed by atoms with Crippen LogP contribution >= 0.6 is 0 Å². The minimum absolute atomic E-state index is 0.242. The van der Waals surface area contributed by atoms with Gasteiger partial charge in [-0.15, -0.1) is 0 Å². The van der Waals surface area contributed by atoms with Crippen LogP contribution in [0.4, 0.5) is 0 Å². The number of imidazole rings is 1. The molecule has 0 fully saturated rings. The van der Waals surface area contributed by atoms with Gasteiger partial charge in [0, 0.05) is 5.69 Å². The standard InChI is InChI=1S/C17H21N3O3/c1-22-13-8-5-9-14(23-2)16(13)17(21)18-10-15-19-11-6-3-4-7-12(11)20-15/h5,8-9H,3-4,6-7,10H2,1-2H3,(H,18,21)(H,19,20). The lowest BCUT2D eigenvalue weighted by Crippen LogP contribution is -2.24. The largest absolute Gasteiger partial charge is 0.496 e. The first-order valence-electron chi connectivity index (χ1n) is 7.78. The van der Waals surface area contributed by atoms with Crippen LogP contribution < -0.4 is 14.8 Å². The van der Waals surface area contributed by atoms with Gasteiger partial charge in [0.15, 0.2) is 0 Å². The molecule has 0 saturated heterocycles. The molecule has 1 aliphatic rings. The van der Waals surface area contributed by atoms with Crippen molar-refractivity contribution in [3.8, 4) is 11.5 Å². The monoisotopic (exact) mass is 315 g/mol. The number of hydrogen-bond donors (Lipinski definition) is 2. The number of amides is 1. The van der Waals surface area contributed by atoms with Crippen LogP contribution in [0.3, 0.4) is 0 Å². The molecule has 0 unspecified atom stereocenters. The summed E-state index contributed by atoms with van der Waals surface area (Å²) in [5.74, 6) is 1.52. The molecule has 2 N–H and O–H groups in total. The van der Waals surface area contributed by atoms with E-state index in [4.69, 9.17) is 9.47 Å². The summed E-state index contributed by atoms with van der Waals surface area (Å²) in [5, 5.41) is 2.88. The van der Waals surface area contributed by atoms with Crippen molar-refractivity contribution < 1.29 is 14.3 Å². The number of carbonyl (C=O) groups is 1. The van der Waals surface area contributed by atoms with Crippen LogP contribution in [0.15, 0.2) is 18.2 Å². The fraction of sp³-hybridized carbons (Fsp3) is 0.412. The summed E-state index contributed by atoms with van der Waals surface area (Å²) in [5.41, 5.74) is 2.74. The molecule has 0 aliphatic heterocycles. The molecule has 0 atom stereocenters. The average molecular weight is 315 g/mol. The topological polar surface area (TPSA) is 76.2 Å². The third kappa shape index (κ3) is 3.16. The van der Waals surface area contributed by atoms with Crippen LogP contribution in [0.1, 0.15) is 40.4 Å². The van der Waals surface area contributed by atoms with Crippen molar-refractivity contribution in [1.29, 1.82) is 0 Å². The Morgan fingerprint density at radius 2 is 1.91 bits per heavy atom. The van der Waals surface area contributed by atoms with Gasteiger partial charge in [-0.25, -0.2) is 4.98 Å². The van der Waals surface area contributed by atoms with E-state index < -0.39 is 0 Å². The Kier molecular flexibility index (Phi) is 4.50. The summed E-state index contributed by atoms with van der Waals surface area (Å²) in [6.45, 7) is 0.354. The summed E-state index contributed by atoms with van der Waals surface area (Å²) >= 11 is 0. The highest BCUT2D eigenvalue weighted by Gasteiger charge is 2.19. The van der Waals surface area contributed by atoms with E-state index in [1.165, 1.54) is 32.8 Å². The van der Waals surface area contributed by atoms with Crippen molar-refractivity contribution in [2.45, 2.75) is 32.2 Å². The maximum absolute atomic E-state index is 12.5. The number of H-pyrrole nitrogens is 1. The number of aromatic amines is 1. The zero-order valence-electron chi connectivity index (χ0n) is 13.4. The second-order valence-corrected chi connectivity index (χ2v) is 5.54. The van der Waals surface area contributed by atoms with E-state index in [-0.39, 0.29) is 5.91 Å². The fourth-order valence-corrected chi connectivity index (χ4v) is 2.92. The van der Waals surface area contributed by atoms with Crippen LogP contribution in [0.2, 0.25) is 0 Å². The number of hydrogen-bond acceptors (Lipinski definition) is 4. The number of nitrogens with one attached hydrogen (secondary N) is 2. The average Bonchev–Trinajstić information content (AvgIpc) is 3.01. The minimum Gasteiger partial charge on any atom is -0.496 e. The number of carbonyl (C=O) groups excluding carboxylic acids is 1. The first-order valence-corrected chi connectivity index (χ1v) is 7.78. The van der Waals surface area contributed by atoms with Crippen molar-refractivity contribution in [3.63, 3.8) is 0 Å². The summed E-state index contributed by atoms with van der Waals surface area (Å²) < 4.78 is 10.5. The molecule has 2 aromatic rings. The molecule has 1 aromatic heterocycles. The molecule has 122 valence electrons. The van der Waals surface area contributed by atoms with Crippen molar-refractivity contribution in [1.82, 2.24) is 15.3 Å². The molecule has 1 heterocycles. The first-order chi connectivity index (χ1) is 11.2. The lowest BCUT2D eigenvalue weighted by atomic mass is 10.0. The number of rotatable bonds is 5. The lowest BCUT2D eigenvalue weighted by molar-refractivity contribution is 0.0943. The Morgan fingerprint density at radius 1 is 1.22 bits per heavy atom. The van der Waals surface area contributed by atoms with Crippen molar-refractivity contribution in [2.75, 3.05) is 14.2 Å². The molecule has 3 rings (SSSR count). The van der Waals surface area contributed by atoms with E-state index in [9.17, 15) is 4.79 Å². The molecular weight excluding hydrogens is 294 g/mol. The van der Waals surface area contributed by atoms with Crippen LogP contribution in [0, 0.1) is 0 Å². The van der Waals surface area contributed by atoms with Gasteiger partial charge in [0.05, 0.1) is 26.5 Å². The lowest BCUT2D eigenvalue weighted by Gasteiger charge is -2.12. The summed E-state index contributed by atoms with van der Waals surface area (Å²) in [6, 6.07) is 5.26. The molecule has 0 radical (unpaired) electrons. The summed E-state index contributed by atoms with van der Waals surface area (Å²) in [7, 11) is 3.07. The second-order valence-electron chi connectivity index (χ2n) is 5.54. The quantitative estimate of drug-likeness (QED) is 0.887. The van der Waals surface area contributed by atoms with E-state index in [1.807, 2.05) is 0 Å². The first kappa shape index (κ1) is 15.4. The van der Waals surface area contributed by atoms with Crippen LogP contribution in [-0.2, 0) is 19.4 Å². The van der Waals surface area contributed by atoms with Crippen molar-refractivity contribution >= 4 is 5.91 Å². The SMILES string of the molecule is COc1cccc(OC)c1C(=O)NCc1nc2c([nH]1)CCCC2. The normalized spacial score (nSPS) is 13.3. The number of aryl methyl sites for hydroxylation is 2. The smallest absolute Gasteiger partial charge is 0.259 e. The third-order valence-corrected chi connectivity index (χ3v) is 4.08. The maximum Gasteiger partial charge on any atom is 0.259 e. The number of fused-ring (bicyclic) bond motifs is 1. The van der Waals surface area contributed by atoms with Gasteiger partial charge in [0.25, 0.3) is 5.91 Å². The minimum atomic E-state index is -0.242. The van der Waals surface area contributed by atoms with E-state index in [0.717, 1.165) is 24.4 Å². The zero-order chi connectivity index (χ0) is 16.2. The van der Waals surface area contributed by atoms with Crippen LogP contribution in [-0.4, -0.2) is 30.1 Å². The number of nitrogens with zero attached hydrogens (tertiary/aromatic N) is 1. The third-order valence-electron chi connectivity index (χ3n) is 4.08. The molecule has 0 spiro atoms. The van der Waals surface area contributed by atoms with Crippen molar-refractivity contribution in [2.24, 2.45) is 0 Å². The molecule has 0 bridgehead atoms. The van der Waals surface area contributed by atoms with Gasteiger partial charge in [0.1, 0.15) is 22.9 Å². The maximum atomic E-state index is 12.5. The fourth-order valence-electron chi connectivity index (χ4n) is 2.92. The predicted octanol–water partition coefficient (Wildman–Crippen LogP) is 2.24. The highest BCUT2D eigenvalue weighted by molar-refractivity contribution is 5.99. The summed E-state index contributed by atoms with van der Waals surface area (Å²) in [4.78, 5) is 20.4. The van der Waals surface area contributed by atoms with Gasteiger partial charge in [-0.05, 0) is 37.8 Å². The summed E-state index contributed by atoms with van der Waals surface area (Å²) in [6.07, 6.45) is 4.43. The molecule has 1 amide bonds. The van der Waals surface area contributed by atoms with E-state index >= 15 is 0 Å². The molecule has 6 nitrogen and oxygen atoms in total. The second kappa shape index (κ2) is 6.73. The van der Waals surface area contributed by atoms with Gasteiger partial charge in [-0.2, -0.15) is 0 Å². The number of aromatic nitrogens is 2. The molecule has 23 heavy (non-hydrogen) atoms. The van der Waals surface area contributed by atoms with Crippen LogP contribution in [0.25, 0.3) is 0 Å². The Bertz CT molecular complexity index is 663. The van der Waals surface area contributed by atoms with Gasteiger partial charge in [-0.1, -0.05) is 6.07 Å². The zero-order valence-corrected chi connectivity index (χ0v) is 13.4. The van der Waals surface area contributed by atoms with Gasteiger partial charge in [0.2, 0.25) is 0 Å². The predicted molar refractivity (Wildman–Crippen MR) is 85.9 cm³/mol. The molecule has 0 saturated carbocycles. The van der Waals surface area contributed by atoms with E-state index in [0.29, 0.717) is 23.6 Å². The Balaban J connectivity index is 1.73. The van der Waals surface area contributed by atoms with E-state index in [2.05, 4.69) is 15.3 Å². The Morgan fingerprint density at radius 3 is 2.57 bits per heavy atom. The van der Waals surface area contributed by atoms with E-state index in [1.54, 1.807) is 18.2 Å². The van der Waals surface area contributed by atoms with Gasteiger partial charge in [-0.3, -0.25) is 4.79 Å². The Labute approximate surface area is 135 Å². The molecule has 6 heteroatoms. The van der Waals surface area contributed by atoms with Gasteiger partial charge < -0.3 is 19.8 Å².